The van der Waals surface area contributed by atoms with Gasteiger partial charge < -0.3 is 15.6 Å². The van der Waals surface area contributed by atoms with Gasteiger partial charge in [-0.2, -0.15) is 10.2 Å². The van der Waals surface area contributed by atoms with Crippen molar-refractivity contribution >= 4 is 17.5 Å². The van der Waals surface area contributed by atoms with E-state index in [1.807, 2.05) is 13.8 Å². The molecule has 3 aromatic rings. The van der Waals surface area contributed by atoms with Crippen LogP contribution >= 0.6 is 0 Å². The first-order chi connectivity index (χ1) is 17.3. The van der Waals surface area contributed by atoms with Crippen molar-refractivity contribution in [2.24, 2.45) is 17.8 Å². The van der Waals surface area contributed by atoms with Crippen molar-refractivity contribution in [1.82, 2.24) is 29.9 Å². The van der Waals surface area contributed by atoms with Crippen molar-refractivity contribution < 1.29 is 14.0 Å². The molecule has 2 aliphatic carbocycles. The number of pyridine rings is 1. The zero-order chi connectivity index (χ0) is 25.4. The largest absolute Gasteiger partial charge is 0.339 e. The summed E-state index contributed by atoms with van der Waals surface area (Å²) < 4.78 is 16.6. The summed E-state index contributed by atoms with van der Waals surface area (Å²) in [5, 5.41) is 14.3. The molecule has 0 radical (unpaired) electrons. The average molecular weight is 496 g/mol. The molecule has 0 aromatic carbocycles. The molecule has 0 saturated heterocycles. The van der Waals surface area contributed by atoms with Crippen LogP contribution in [-0.2, 0) is 11.3 Å². The predicted octanol–water partition coefficient (Wildman–Crippen LogP) is 2.71. The minimum absolute atomic E-state index is 0.00635. The van der Waals surface area contributed by atoms with E-state index in [1.165, 1.54) is 10.9 Å². The molecule has 3 heterocycles. The molecule has 190 valence electrons. The quantitative estimate of drug-likeness (QED) is 0.399. The van der Waals surface area contributed by atoms with Crippen LogP contribution in [0.4, 0.5) is 10.1 Å². The van der Waals surface area contributed by atoms with E-state index in [0.29, 0.717) is 23.2 Å². The van der Waals surface area contributed by atoms with Gasteiger partial charge in [0.1, 0.15) is 17.6 Å². The third-order valence-corrected chi connectivity index (χ3v) is 6.86. The minimum atomic E-state index is -0.692. The maximum Gasteiger partial charge on any atom is 0.270 e. The topological polar surface area (TPSA) is 127 Å². The van der Waals surface area contributed by atoms with Gasteiger partial charge in [-0.25, -0.2) is 4.39 Å². The molecule has 0 bridgehead atoms. The first kappa shape index (κ1) is 24.0. The maximum absolute atomic E-state index is 13.5. The van der Waals surface area contributed by atoms with Gasteiger partial charge in [0, 0.05) is 30.2 Å². The van der Waals surface area contributed by atoms with Gasteiger partial charge in [0.25, 0.3) is 11.5 Å². The first-order valence-electron chi connectivity index (χ1n) is 12.3. The number of amides is 2. The molecule has 2 saturated carbocycles. The van der Waals surface area contributed by atoms with Gasteiger partial charge in [0.05, 0.1) is 18.4 Å². The number of aromatic nitrogens is 5. The summed E-state index contributed by atoms with van der Waals surface area (Å²) in [5.41, 5.74) is 0.661. The summed E-state index contributed by atoms with van der Waals surface area (Å²) in [4.78, 5) is 41.0. The molecule has 3 N–H and O–H groups in total. The molecule has 1 atom stereocenters. The van der Waals surface area contributed by atoms with E-state index >= 15 is 0 Å². The predicted molar refractivity (Wildman–Crippen MR) is 130 cm³/mol. The number of aromatic amines is 1. The van der Waals surface area contributed by atoms with Crippen molar-refractivity contribution in [3.05, 3.63) is 64.3 Å². The molecular formula is C25H30FN7O3. The third kappa shape index (κ3) is 5.24. The molecule has 2 aliphatic rings. The van der Waals surface area contributed by atoms with Crippen molar-refractivity contribution in [2.75, 3.05) is 5.32 Å². The van der Waals surface area contributed by atoms with Crippen LogP contribution in [0.1, 0.15) is 61.6 Å². The lowest BCUT2D eigenvalue weighted by Crippen LogP contribution is -2.50. The summed E-state index contributed by atoms with van der Waals surface area (Å²) in [6.07, 6.45) is 9.88. The number of anilines is 1. The fourth-order valence-corrected chi connectivity index (χ4v) is 4.88. The Bertz CT molecular complexity index is 1310. The van der Waals surface area contributed by atoms with Crippen LogP contribution in [-0.4, -0.2) is 42.4 Å². The van der Waals surface area contributed by atoms with Crippen LogP contribution in [0.3, 0.4) is 0 Å². The molecule has 10 nitrogen and oxygen atoms in total. The van der Waals surface area contributed by atoms with Gasteiger partial charge in [0.2, 0.25) is 5.91 Å². The van der Waals surface area contributed by atoms with Crippen LogP contribution in [0.2, 0.25) is 0 Å². The van der Waals surface area contributed by atoms with Crippen molar-refractivity contribution in [2.45, 2.75) is 58.2 Å². The van der Waals surface area contributed by atoms with E-state index < -0.39 is 17.4 Å². The number of nitrogens with zero attached hydrogens (tertiary/aromatic N) is 4. The van der Waals surface area contributed by atoms with Crippen LogP contribution in [0.15, 0.2) is 41.7 Å². The summed E-state index contributed by atoms with van der Waals surface area (Å²) in [6, 6.07) is 2.13. The van der Waals surface area contributed by atoms with Gasteiger partial charge in [0.15, 0.2) is 0 Å². The van der Waals surface area contributed by atoms with Crippen LogP contribution in [0, 0.1) is 23.6 Å². The summed E-state index contributed by atoms with van der Waals surface area (Å²) in [5.74, 6) is -0.254. The molecule has 1 unspecified atom stereocenters. The summed E-state index contributed by atoms with van der Waals surface area (Å²) in [7, 11) is 0. The molecule has 36 heavy (non-hydrogen) atoms. The van der Waals surface area contributed by atoms with E-state index in [1.54, 1.807) is 23.1 Å². The molecule has 5 rings (SSSR count). The van der Waals surface area contributed by atoms with Crippen LogP contribution in [0.5, 0.6) is 0 Å². The molecular weight excluding hydrogens is 465 g/mol. The van der Waals surface area contributed by atoms with Crippen molar-refractivity contribution in [1.29, 1.82) is 0 Å². The second kappa shape index (κ2) is 9.71. The fraction of sp³-hybridized carbons (Fsp3) is 0.480. The van der Waals surface area contributed by atoms with Crippen molar-refractivity contribution in [3.63, 3.8) is 0 Å². The fourth-order valence-electron chi connectivity index (χ4n) is 4.88. The standard InChI is InChI=1S/C25H30FN7O3/c1-14(2)33-20(7-8-28-33)24(35)31-22(21(15-3-4-15)16-5-6-16)25(36)30-19-11-29-32(13-19)12-17-9-18(26)10-27-23(17)34/h7-11,13-16,21-22H,3-6,12H2,1-2H3,(H,27,34)(H,30,36)(H,31,35). The highest BCUT2D eigenvalue weighted by Gasteiger charge is 2.48. The van der Waals surface area contributed by atoms with E-state index in [2.05, 4.69) is 25.8 Å². The third-order valence-electron chi connectivity index (χ3n) is 6.86. The molecule has 2 amide bonds. The zero-order valence-electron chi connectivity index (χ0n) is 20.3. The molecule has 11 heteroatoms. The van der Waals surface area contributed by atoms with E-state index in [0.717, 1.165) is 37.9 Å². The number of halogens is 1. The van der Waals surface area contributed by atoms with Crippen LogP contribution in [0.25, 0.3) is 0 Å². The highest BCUT2D eigenvalue weighted by molar-refractivity contribution is 6.00. The monoisotopic (exact) mass is 495 g/mol. The number of H-pyrrole nitrogens is 1. The number of carbonyl (C=O) groups is 2. The Labute approximate surface area is 207 Å². The van der Waals surface area contributed by atoms with E-state index in [4.69, 9.17) is 0 Å². The van der Waals surface area contributed by atoms with Gasteiger partial charge in [-0.15, -0.1) is 0 Å². The van der Waals surface area contributed by atoms with Gasteiger partial charge in [-0.1, -0.05) is 0 Å². The number of rotatable bonds is 10. The normalized spacial score (nSPS) is 16.4. The van der Waals surface area contributed by atoms with Gasteiger partial charge in [-0.3, -0.25) is 23.7 Å². The summed E-state index contributed by atoms with van der Waals surface area (Å²) in [6.45, 7) is 3.94. The molecule has 2 fully saturated rings. The maximum atomic E-state index is 13.5. The molecule has 0 aliphatic heterocycles. The first-order valence-corrected chi connectivity index (χ1v) is 12.3. The summed E-state index contributed by atoms with van der Waals surface area (Å²) >= 11 is 0. The second-order valence-corrected chi connectivity index (χ2v) is 10.0. The Morgan fingerprint density at radius 3 is 2.58 bits per heavy atom. The average Bonchev–Trinajstić information content (AvgIpc) is 3.76. The van der Waals surface area contributed by atoms with E-state index in [9.17, 15) is 18.8 Å². The highest BCUT2D eigenvalue weighted by Crippen LogP contribution is 2.50. The number of hydrogen-bond acceptors (Lipinski definition) is 5. The lowest BCUT2D eigenvalue weighted by Gasteiger charge is -2.27. The Morgan fingerprint density at radius 1 is 1.19 bits per heavy atom. The second-order valence-electron chi connectivity index (χ2n) is 10.0. The smallest absolute Gasteiger partial charge is 0.270 e. The lowest BCUT2D eigenvalue weighted by atomic mass is 9.88. The Balaban J connectivity index is 1.33. The van der Waals surface area contributed by atoms with Gasteiger partial charge >= 0.3 is 0 Å². The molecule has 0 spiro atoms. The van der Waals surface area contributed by atoms with Crippen LogP contribution < -0.4 is 16.2 Å². The highest BCUT2D eigenvalue weighted by atomic mass is 19.1. The molecule has 3 aromatic heterocycles. The Kier molecular flexibility index (Phi) is 6.46. The van der Waals surface area contributed by atoms with Gasteiger partial charge in [-0.05, 0) is 69.4 Å². The van der Waals surface area contributed by atoms with E-state index in [-0.39, 0.29) is 35.9 Å². The zero-order valence-corrected chi connectivity index (χ0v) is 20.3. The Morgan fingerprint density at radius 2 is 1.92 bits per heavy atom. The SMILES string of the molecule is CC(C)n1nccc1C(=O)NC(C(=O)Nc1cnn(Cc2cc(F)c[nH]c2=O)c1)C(C1CC1)C1CC1. The number of carbonyl (C=O) groups excluding carboxylic acids is 2. The Hall–Kier alpha value is -3.76. The number of hydrogen-bond donors (Lipinski definition) is 3. The number of nitrogens with one attached hydrogen (secondary N) is 3. The van der Waals surface area contributed by atoms with Crippen molar-refractivity contribution in [3.8, 4) is 0 Å². The minimum Gasteiger partial charge on any atom is -0.339 e. The lowest BCUT2D eigenvalue weighted by molar-refractivity contribution is -0.119.